The number of benzene rings is 1. The zero-order chi connectivity index (χ0) is 26.6. The van der Waals surface area contributed by atoms with Crippen LogP contribution in [0.5, 0.6) is 5.75 Å². The Labute approximate surface area is 214 Å². The molecule has 4 rings (SSSR count). The highest BCUT2D eigenvalue weighted by atomic mass is 31.2. The van der Waals surface area contributed by atoms with E-state index in [9.17, 15) is 9.36 Å². The Kier molecular flexibility index (Phi) is 7.84. The fraction of sp³-hybridized carbons (Fsp3) is 0.391. The molecule has 0 aliphatic carbocycles. The average molecular weight is 532 g/mol. The third-order valence-corrected chi connectivity index (χ3v) is 6.80. The molecule has 3 atom stereocenters. The Balaban J connectivity index is 1.51. The van der Waals surface area contributed by atoms with Gasteiger partial charge >= 0.3 is 13.7 Å². The van der Waals surface area contributed by atoms with Crippen LogP contribution in [-0.4, -0.2) is 44.7 Å². The van der Waals surface area contributed by atoms with Gasteiger partial charge in [0.2, 0.25) is 5.95 Å². The van der Waals surface area contributed by atoms with Crippen molar-refractivity contribution >= 4 is 36.6 Å². The van der Waals surface area contributed by atoms with Crippen molar-refractivity contribution < 1.29 is 27.9 Å². The number of rotatable bonds is 10. The van der Waals surface area contributed by atoms with Gasteiger partial charge in [-0.2, -0.15) is 15.1 Å². The Bertz CT molecular complexity index is 1330. The van der Waals surface area contributed by atoms with Gasteiger partial charge in [-0.1, -0.05) is 18.2 Å². The molecule has 0 saturated carbocycles. The first kappa shape index (κ1) is 26.2. The smallest absolute Gasteiger partial charge is 0.471 e. The molecule has 1 saturated heterocycles. The zero-order valence-corrected chi connectivity index (χ0v) is 21.8. The normalized spacial score (nSPS) is 18.8. The van der Waals surface area contributed by atoms with E-state index in [2.05, 4.69) is 25.4 Å². The number of nitrogen functional groups attached to an aromatic ring is 1. The molecule has 0 spiro atoms. The lowest BCUT2D eigenvalue weighted by Gasteiger charge is -2.22. The van der Waals surface area contributed by atoms with Gasteiger partial charge in [-0.15, -0.1) is 0 Å². The molecular weight excluding hydrogens is 501 g/mol. The van der Waals surface area contributed by atoms with E-state index in [1.165, 1.54) is 13.2 Å². The predicted octanol–water partition coefficient (Wildman–Crippen LogP) is 3.73. The van der Waals surface area contributed by atoms with Crippen LogP contribution in [0.25, 0.3) is 11.2 Å². The number of aromatic nitrogens is 4. The van der Waals surface area contributed by atoms with Gasteiger partial charge in [0, 0.05) is 19.9 Å². The number of hydrogen-bond acceptors (Lipinski definition) is 11. The van der Waals surface area contributed by atoms with Gasteiger partial charge in [-0.3, -0.25) is 9.36 Å². The van der Waals surface area contributed by atoms with E-state index < -0.39 is 26.0 Å². The van der Waals surface area contributed by atoms with Crippen LogP contribution in [-0.2, 0) is 23.4 Å². The molecule has 14 heteroatoms. The molecule has 37 heavy (non-hydrogen) atoms. The lowest BCUT2D eigenvalue weighted by molar-refractivity contribution is -0.149. The van der Waals surface area contributed by atoms with E-state index in [-0.39, 0.29) is 12.1 Å². The van der Waals surface area contributed by atoms with Crippen molar-refractivity contribution in [3.05, 3.63) is 48.7 Å². The minimum atomic E-state index is -4.06. The molecule has 198 valence electrons. The summed E-state index contributed by atoms with van der Waals surface area (Å²) in [6.45, 7) is 4.97. The minimum Gasteiger partial charge on any atom is -0.471 e. The Morgan fingerprint density at radius 1 is 1.27 bits per heavy atom. The van der Waals surface area contributed by atoms with E-state index in [1.54, 1.807) is 62.1 Å². The van der Waals surface area contributed by atoms with Crippen LogP contribution in [0.1, 0.15) is 39.8 Å². The Morgan fingerprint density at radius 2 is 2.03 bits per heavy atom. The summed E-state index contributed by atoms with van der Waals surface area (Å²) in [6.07, 6.45) is 3.12. The van der Waals surface area contributed by atoms with Crippen LogP contribution < -0.4 is 20.7 Å². The standard InChI is InChI=1S/C23H30N7O6P/c1-14(2)34-22(31)15(3)29-37(32,36-16-8-6-5-7-9-16)33-12-17-10-11-18(35-17)30-13-26-19-20(25-4)27-23(24)28-21(19)30/h5-9,12-15,18H,10-11H2,1-4H3,(H,29,32)(H3,24,25,27,28)/b17-12+/t15-,18+,37+/m0/s1. The van der Waals surface area contributed by atoms with Gasteiger partial charge < -0.3 is 29.6 Å². The zero-order valence-electron chi connectivity index (χ0n) is 21.0. The highest BCUT2D eigenvalue weighted by Crippen LogP contribution is 2.46. The topological polar surface area (TPSA) is 165 Å². The molecule has 0 bridgehead atoms. The molecule has 0 amide bonds. The number of para-hydroxylation sites is 1. The predicted molar refractivity (Wildman–Crippen MR) is 136 cm³/mol. The molecule has 1 fully saturated rings. The van der Waals surface area contributed by atoms with Crippen LogP contribution in [0.4, 0.5) is 11.8 Å². The lowest BCUT2D eigenvalue weighted by atomic mass is 10.3. The van der Waals surface area contributed by atoms with E-state index in [1.807, 2.05) is 0 Å². The summed E-state index contributed by atoms with van der Waals surface area (Å²) in [6, 6.07) is 7.54. The number of nitrogens with zero attached hydrogens (tertiary/aromatic N) is 4. The van der Waals surface area contributed by atoms with Gasteiger partial charge in [0.15, 0.2) is 23.2 Å². The van der Waals surface area contributed by atoms with E-state index in [4.69, 9.17) is 24.3 Å². The number of imidazole rings is 1. The Hall–Kier alpha value is -3.83. The molecule has 3 heterocycles. The molecule has 0 radical (unpaired) electrons. The van der Waals surface area contributed by atoms with Gasteiger partial charge in [-0.25, -0.2) is 9.55 Å². The largest absolute Gasteiger partial charge is 0.513 e. The number of esters is 1. The first-order valence-electron chi connectivity index (χ1n) is 11.7. The van der Waals surface area contributed by atoms with Crippen LogP contribution >= 0.6 is 7.75 Å². The molecule has 3 aromatic rings. The first-order chi connectivity index (χ1) is 17.7. The maximum atomic E-state index is 13.6. The summed E-state index contributed by atoms with van der Waals surface area (Å²) < 4.78 is 37.8. The van der Waals surface area contributed by atoms with Crippen molar-refractivity contribution in [2.45, 2.75) is 52.0 Å². The van der Waals surface area contributed by atoms with E-state index in [0.29, 0.717) is 41.3 Å². The van der Waals surface area contributed by atoms with E-state index >= 15 is 0 Å². The fourth-order valence-electron chi connectivity index (χ4n) is 3.61. The van der Waals surface area contributed by atoms with Crippen LogP contribution in [0.2, 0.25) is 0 Å². The van der Waals surface area contributed by atoms with Gasteiger partial charge in [0.05, 0.1) is 6.10 Å². The Morgan fingerprint density at radius 3 is 2.73 bits per heavy atom. The second kappa shape index (κ2) is 11.1. The summed E-state index contributed by atoms with van der Waals surface area (Å²) >= 11 is 0. The molecule has 2 aromatic heterocycles. The summed E-state index contributed by atoms with van der Waals surface area (Å²) in [5.41, 5.74) is 6.91. The number of carbonyl (C=O) groups is 1. The molecule has 1 aromatic carbocycles. The molecule has 0 unspecified atom stereocenters. The number of nitrogens with two attached hydrogens (primary N) is 1. The molecule has 1 aliphatic rings. The second-order valence-electron chi connectivity index (χ2n) is 8.54. The lowest BCUT2D eigenvalue weighted by Crippen LogP contribution is -2.36. The number of carbonyl (C=O) groups excluding carboxylic acids is 1. The minimum absolute atomic E-state index is 0.103. The number of anilines is 2. The van der Waals surface area contributed by atoms with Gasteiger partial charge in [0.25, 0.3) is 0 Å². The number of allylic oxidation sites excluding steroid dienone is 1. The maximum Gasteiger partial charge on any atom is 0.513 e. The van der Waals surface area contributed by atoms with Crippen LogP contribution in [0, 0.1) is 0 Å². The van der Waals surface area contributed by atoms with Crippen molar-refractivity contribution in [2.24, 2.45) is 0 Å². The van der Waals surface area contributed by atoms with Crippen LogP contribution in [0.15, 0.2) is 48.7 Å². The monoisotopic (exact) mass is 531 g/mol. The number of hydrogen-bond donors (Lipinski definition) is 3. The van der Waals surface area contributed by atoms with Crippen molar-refractivity contribution in [1.82, 2.24) is 24.6 Å². The molecule has 4 N–H and O–H groups in total. The summed E-state index contributed by atoms with van der Waals surface area (Å²) in [4.78, 5) is 25.1. The molecular formula is C23H30N7O6P. The molecule has 13 nitrogen and oxygen atoms in total. The van der Waals surface area contributed by atoms with Crippen LogP contribution in [0.3, 0.4) is 0 Å². The van der Waals surface area contributed by atoms with Crippen molar-refractivity contribution in [2.75, 3.05) is 18.1 Å². The highest BCUT2D eigenvalue weighted by Gasteiger charge is 2.34. The second-order valence-corrected chi connectivity index (χ2v) is 10.2. The quantitative estimate of drug-likeness (QED) is 0.197. The first-order valence-corrected chi connectivity index (χ1v) is 13.3. The fourth-order valence-corrected chi connectivity index (χ4v) is 5.00. The molecule has 1 aliphatic heterocycles. The third-order valence-electron chi connectivity index (χ3n) is 5.26. The maximum absolute atomic E-state index is 13.6. The number of fused-ring (bicyclic) bond motifs is 1. The van der Waals surface area contributed by atoms with Crippen molar-refractivity contribution in [3.63, 3.8) is 0 Å². The van der Waals surface area contributed by atoms with E-state index in [0.717, 1.165) is 0 Å². The van der Waals surface area contributed by atoms with Gasteiger partial charge in [-0.05, 0) is 32.9 Å². The third kappa shape index (κ3) is 6.30. The average Bonchev–Trinajstić information content (AvgIpc) is 3.49. The van der Waals surface area contributed by atoms with Crippen molar-refractivity contribution in [3.8, 4) is 5.75 Å². The SMILES string of the molecule is CNc1nc(N)nc2c1ncn2[C@H]1CC/C(=C\O[P@](=O)(N[C@@H](C)C(=O)OC(C)C)Oc2ccccc2)O1. The summed E-state index contributed by atoms with van der Waals surface area (Å²) in [7, 11) is -2.34. The van der Waals surface area contributed by atoms with Crippen molar-refractivity contribution in [1.29, 1.82) is 0 Å². The highest BCUT2D eigenvalue weighted by molar-refractivity contribution is 7.52. The number of ether oxygens (including phenoxy) is 2. The summed E-state index contributed by atoms with van der Waals surface area (Å²) in [5, 5.41) is 5.59. The number of nitrogens with one attached hydrogen (secondary N) is 2. The summed E-state index contributed by atoms with van der Waals surface area (Å²) in [5.74, 6) is 0.751. The van der Waals surface area contributed by atoms with Gasteiger partial charge in [0.1, 0.15) is 30.1 Å².